The van der Waals surface area contributed by atoms with Crippen LogP contribution in [0.25, 0.3) is 0 Å². The average Bonchev–Trinajstić information content (AvgIpc) is 2.03. The van der Waals surface area contributed by atoms with Crippen LogP contribution in [0.3, 0.4) is 0 Å². The molecule has 0 aliphatic rings. The van der Waals surface area contributed by atoms with Crippen molar-refractivity contribution in [3.8, 4) is 0 Å². The van der Waals surface area contributed by atoms with Gasteiger partial charge in [-0.15, -0.1) is 0 Å². The van der Waals surface area contributed by atoms with Gasteiger partial charge in [-0.05, 0) is 34.7 Å². The molecule has 0 aromatic rings. The second-order valence-corrected chi connectivity index (χ2v) is 3.24. The maximum absolute atomic E-state index is 10.3. The molecule has 0 saturated carbocycles. The Morgan fingerprint density at radius 2 is 1.33 bits per heavy atom. The zero-order valence-corrected chi connectivity index (χ0v) is 10.6. The first-order valence-electron chi connectivity index (χ1n) is 4.98. The Labute approximate surface area is 95.6 Å². The van der Waals surface area contributed by atoms with Crippen LogP contribution in [0.15, 0.2) is 0 Å². The Morgan fingerprint density at radius 3 is 1.33 bits per heavy atom. The summed E-state index contributed by atoms with van der Waals surface area (Å²) in [6.07, 6.45) is 1.25. The molecule has 1 N–H and O–H groups in total. The summed E-state index contributed by atoms with van der Waals surface area (Å²) in [7, 11) is 1.77. The lowest BCUT2D eigenvalue weighted by atomic mass is 10.2. The molecule has 15 heavy (non-hydrogen) atoms. The third kappa shape index (κ3) is 60.5. The summed E-state index contributed by atoms with van der Waals surface area (Å²) in [6, 6.07) is 0.0139. The monoisotopic (exact) mass is 219 g/mol. The third-order valence-electron chi connectivity index (χ3n) is 1.04. The molecule has 0 amide bonds. The number of carbonyl (C=O) groups is 2. The van der Waals surface area contributed by atoms with Gasteiger partial charge < -0.3 is 10.1 Å². The van der Waals surface area contributed by atoms with E-state index in [9.17, 15) is 9.59 Å². The Kier molecular flexibility index (Phi) is 30.1. The summed E-state index contributed by atoms with van der Waals surface area (Å²) in [6.45, 7) is 10.7. The van der Waals surface area contributed by atoms with Crippen molar-refractivity contribution in [1.29, 1.82) is 0 Å². The lowest BCUT2D eigenvalue weighted by Gasteiger charge is -2.01. The van der Waals surface area contributed by atoms with Crippen molar-refractivity contribution < 1.29 is 9.59 Å². The number of rotatable bonds is 2. The van der Waals surface area contributed by atoms with E-state index in [1.165, 1.54) is 20.3 Å². The molecule has 0 radical (unpaired) electrons. The largest absolute Gasteiger partial charge is 0.311 e. The molecule has 0 aliphatic heterocycles. The third-order valence-corrected chi connectivity index (χ3v) is 1.04. The Morgan fingerprint density at radius 1 is 1.13 bits per heavy atom. The van der Waals surface area contributed by atoms with Crippen LogP contribution in [0.1, 0.15) is 55.4 Å². The van der Waals surface area contributed by atoms with Crippen LogP contribution >= 0.6 is 0 Å². The Balaban J connectivity index is -0.0000000654. The van der Waals surface area contributed by atoms with Crippen molar-refractivity contribution in [2.75, 3.05) is 7.05 Å². The molecule has 1 atom stereocenters. The van der Waals surface area contributed by atoms with Gasteiger partial charge >= 0.3 is 0 Å². The SMILES string of the molecule is C.CC(C)=O.CCC.CNC(C)C(C)=O. The molecule has 3 heteroatoms. The number of hydrogen-bond donors (Lipinski definition) is 1. The van der Waals surface area contributed by atoms with Crippen LogP contribution in [0.4, 0.5) is 0 Å². The number of carbonyl (C=O) groups excluding carboxylic acids is 2. The van der Waals surface area contributed by atoms with Gasteiger partial charge in [-0.1, -0.05) is 27.7 Å². The van der Waals surface area contributed by atoms with Crippen LogP contribution in [-0.2, 0) is 9.59 Å². The van der Waals surface area contributed by atoms with E-state index in [0.29, 0.717) is 0 Å². The highest BCUT2D eigenvalue weighted by molar-refractivity contribution is 5.80. The normalized spacial score (nSPS) is 9.27. The molecule has 0 aromatic heterocycles. The molecule has 0 fully saturated rings. The fourth-order valence-corrected chi connectivity index (χ4v) is 0.203. The van der Waals surface area contributed by atoms with E-state index in [-0.39, 0.29) is 25.0 Å². The average molecular weight is 219 g/mol. The van der Waals surface area contributed by atoms with E-state index >= 15 is 0 Å². The number of ketones is 2. The first-order chi connectivity index (χ1) is 6.33. The van der Waals surface area contributed by atoms with Gasteiger partial charge in [-0.3, -0.25) is 4.79 Å². The highest BCUT2D eigenvalue weighted by Crippen LogP contribution is 1.77. The molecular formula is C12H29NO2. The van der Waals surface area contributed by atoms with Gasteiger partial charge in [0.15, 0.2) is 0 Å². The van der Waals surface area contributed by atoms with Crippen molar-refractivity contribution >= 4 is 11.6 Å². The fourth-order valence-electron chi connectivity index (χ4n) is 0.203. The Bertz CT molecular complexity index is 141. The molecule has 0 heterocycles. The second kappa shape index (κ2) is 19.0. The molecule has 0 aliphatic carbocycles. The van der Waals surface area contributed by atoms with Gasteiger partial charge in [0.25, 0.3) is 0 Å². The second-order valence-electron chi connectivity index (χ2n) is 3.24. The van der Waals surface area contributed by atoms with Crippen molar-refractivity contribution in [2.24, 2.45) is 0 Å². The van der Waals surface area contributed by atoms with Crippen molar-refractivity contribution in [1.82, 2.24) is 5.32 Å². The molecule has 0 rings (SSSR count). The van der Waals surface area contributed by atoms with Gasteiger partial charge in [-0.25, -0.2) is 0 Å². The lowest BCUT2D eigenvalue weighted by molar-refractivity contribution is -0.118. The number of nitrogens with one attached hydrogen (secondary N) is 1. The van der Waals surface area contributed by atoms with Crippen molar-refractivity contribution in [3.63, 3.8) is 0 Å². The zero-order valence-electron chi connectivity index (χ0n) is 10.6. The minimum absolute atomic E-state index is 0. The fraction of sp³-hybridized carbons (Fsp3) is 0.833. The van der Waals surface area contributed by atoms with E-state index in [1.54, 1.807) is 14.0 Å². The minimum atomic E-state index is 0. The Hall–Kier alpha value is -0.700. The smallest absolute Gasteiger partial charge is 0.146 e. The highest BCUT2D eigenvalue weighted by Gasteiger charge is 2.00. The quantitative estimate of drug-likeness (QED) is 0.777. The lowest BCUT2D eigenvalue weighted by Crippen LogP contribution is -2.28. The molecule has 94 valence electrons. The summed E-state index contributed by atoms with van der Waals surface area (Å²) in [5, 5.41) is 2.81. The van der Waals surface area contributed by atoms with Gasteiger partial charge in [0.05, 0.1) is 6.04 Å². The van der Waals surface area contributed by atoms with Gasteiger partial charge in [0.1, 0.15) is 11.6 Å². The predicted molar refractivity (Wildman–Crippen MR) is 68.3 cm³/mol. The zero-order chi connectivity index (χ0) is 12.1. The molecular weight excluding hydrogens is 190 g/mol. The number of likely N-dealkylation sites (N-methyl/N-ethyl adjacent to an activating group) is 1. The van der Waals surface area contributed by atoms with Gasteiger partial charge in [0.2, 0.25) is 0 Å². The maximum Gasteiger partial charge on any atom is 0.146 e. The van der Waals surface area contributed by atoms with Gasteiger partial charge in [-0.2, -0.15) is 0 Å². The van der Waals surface area contributed by atoms with E-state index in [4.69, 9.17) is 0 Å². The highest BCUT2D eigenvalue weighted by atomic mass is 16.1. The van der Waals surface area contributed by atoms with Gasteiger partial charge in [0, 0.05) is 0 Å². The van der Waals surface area contributed by atoms with Crippen LogP contribution in [-0.4, -0.2) is 24.7 Å². The number of Topliss-reactive ketones (excluding diaryl/α,β-unsaturated/α-hetero) is 2. The van der Waals surface area contributed by atoms with E-state index in [1.807, 2.05) is 6.92 Å². The standard InChI is InChI=1S/C5H11NO.C3H6O.C3H8.CH4/c1-4(6-3)5(2)7;1-3(2)4;1-3-2;/h4,6H,1-3H3;1-2H3;3H2,1-2H3;1H4. The summed E-state index contributed by atoms with van der Waals surface area (Å²) in [5.74, 6) is 0.350. The predicted octanol–water partition coefficient (Wildman–Crippen LogP) is 2.83. The maximum atomic E-state index is 10.3. The van der Waals surface area contributed by atoms with E-state index in [0.717, 1.165) is 0 Å². The topological polar surface area (TPSA) is 46.2 Å². The first kappa shape index (κ1) is 23.8. The summed E-state index contributed by atoms with van der Waals surface area (Å²) in [5.41, 5.74) is 0. The summed E-state index contributed by atoms with van der Waals surface area (Å²) in [4.78, 5) is 19.8. The molecule has 1 unspecified atom stereocenters. The number of hydrogen-bond acceptors (Lipinski definition) is 3. The first-order valence-corrected chi connectivity index (χ1v) is 4.98. The molecule has 0 bridgehead atoms. The van der Waals surface area contributed by atoms with Crippen LogP contribution < -0.4 is 5.32 Å². The minimum Gasteiger partial charge on any atom is -0.311 e. The van der Waals surface area contributed by atoms with E-state index in [2.05, 4.69) is 19.2 Å². The van der Waals surface area contributed by atoms with Crippen molar-refractivity contribution in [2.45, 2.75) is 61.4 Å². The van der Waals surface area contributed by atoms with E-state index < -0.39 is 0 Å². The van der Waals surface area contributed by atoms with Crippen LogP contribution in [0, 0.1) is 0 Å². The summed E-state index contributed by atoms with van der Waals surface area (Å²) >= 11 is 0. The molecule has 3 nitrogen and oxygen atoms in total. The van der Waals surface area contributed by atoms with Crippen molar-refractivity contribution in [3.05, 3.63) is 0 Å². The molecule has 0 spiro atoms. The molecule has 0 aromatic carbocycles. The molecule has 0 saturated heterocycles. The van der Waals surface area contributed by atoms with Crippen LogP contribution in [0.5, 0.6) is 0 Å². The van der Waals surface area contributed by atoms with Crippen LogP contribution in [0.2, 0.25) is 0 Å². The summed E-state index contributed by atoms with van der Waals surface area (Å²) < 4.78 is 0.